The molecule has 4 heteroatoms. The minimum absolute atomic E-state index is 0.678. The Morgan fingerprint density at radius 1 is 1.30 bits per heavy atom. The lowest BCUT2D eigenvalue weighted by Gasteiger charge is -2.18. The summed E-state index contributed by atoms with van der Waals surface area (Å²) in [4.78, 5) is 0. The molecule has 2 N–H and O–H groups in total. The largest absolute Gasteiger partial charge is 0.313 e. The second-order valence-corrected chi connectivity index (χ2v) is 5.08. The summed E-state index contributed by atoms with van der Waals surface area (Å²) in [6, 6.07) is 12.4. The Labute approximate surface area is 119 Å². The molecule has 0 spiro atoms. The van der Waals surface area contributed by atoms with Crippen LogP contribution in [0.5, 0.6) is 0 Å². The molecule has 1 heterocycles. The smallest absolute Gasteiger partial charge is 0.104 e. The highest BCUT2D eigenvalue weighted by Crippen LogP contribution is 2.18. The normalized spacial score (nSPS) is 13.7. The van der Waals surface area contributed by atoms with Gasteiger partial charge in [0.1, 0.15) is 5.54 Å². The lowest BCUT2D eigenvalue weighted by Crippen LogP contribution is -2.37. The van der Waals surface area contributed by atoms with Crippen LogP contribution < -0.4 is 5.73 Å². The zero-order chi connectivity index (χ0) is 14.4. The topological polar surface area (TPSA) is 67.6 Å². The van der Waals surface area contributed by atoms with Gasteiger partial charge in [-0.3, -0.25) is 4.68 Å². The van der Waals surface area contributed by atoms with Gasteiger partial charge >= 0.3 is 0 Å². The monoisotopic (exact) mass is 268 g/mol. The Morgan fingerprint density at radius 3 is 2.70 bits per heavy atom. The number of nitrogens with two attached hydrogens (primary N) is 1. The van der Waals surface area contributed by atoms with Crippen LogP contribution in [0.15, 0.2) is 42.7 Å². The van der Waals surface area contributed by atoms with Crippen LogP contribution in [0.3, 0.4) is 0 Å². The number of aromatic nitrogens is 2. The molecule has 2 aromatic rings. The maximum atomic E-state index is 9.04. The van der Waals surface area contributed by atoms with Gasteiger partial charge < -0.3 is 5.73 Å². The molecular formula is C16H20N4. The van der Waals surface area contributed by atoms with Gasteiger partial charge in [-0.2, -0.15) is 10.4 Å². The van der Waals surface area contributed by atoms with Crippen LogP contribution in [0.4, 0.5) is 0 Å². The minimum atomic E-state index is -0.699. The van der Waals surface area contributed by atoms with Crippen LogP contribution in [0.2, 0.25) is 0 Å². The summed E-state index contributed by atoms with van der Waals surface area (Å²) in [6.07, 6.45) is 6.13. The predicted molar refractivity (Wildman–Crippen MR) is 79.7 cm³/mol. The molecule has 1 aromatic carbocycles. The van der Waals surface area contributed by atoms with E-state index in [0.717, 1.165) is 24.1 Å². The standard InChI is InChI=1S/C16H20N4/c1-2-16(18,13-17)9-6-10-20-12-15(11-19-20)14-7-4-3-5-8-14/h3-5,7-8,11-12H,2,6,9-10,18H2,1H3. The van der Waals surface area contributed by atoms with Gasteiger partial charge in [0.25, 0.3) is 0 Å². The number of hydrogen-bond acceptors (Lipinski definition) is 3. The summed E-state index contributed by atoms with van der Waals surface area (Å²) in [5.41, 5.74) is 7.54. The third-order valence-corrected chi connectivity index (χ3v) is 3.60. The summed E-state index contributed by atoms with van der Waals surface area (Å²) < 4.78 is 1.91. The van der Waals surface area contributed by atoms with Crippen molar-refractivity contribution < 1.29 is 0 Å². The van der Waals surface area contributed by atoms with Gasteiger partial charge in [-0.05, 0) is 24.8 Å². The van der Waals surface area contributed by atoms with Gasteiger partial charge in [-0.25, -0.2) is 0 Å². The fourth-order valence-corrected chi connectivity index (χ4v) is 2.13. The third kappa shape index (κ3) is 3.46. The fraction of sp³-hybridized carbons (Fsp3) is 0.375. The number of rotatable bonds is 6. The van der Waals surface area contributed by atoms with E-state index >= 15 is 0 Å². The molecule has 104 valence electrons. The van der Waals surface area contributed by atoms with E-state index in [-0.39, 0.29) is 0 Å². The van der Waals surface area contributed by atoms with E-state index in [1.54, 1.807) is 0 Å². The van der Waals surface area contributed by atoms with E-state index < -0.39 is 5.54 Å². The first kappa shape index (κ1) is 14.3. The second-order valence-electron chi connectivity index (χ2n) is 5.08. The number of hydrogen-bond donors (Lipinski definition) is 1. The maximum Gasteiger partial charge on any atom is 0.104 e. The Hall–Kier alpha value is -2.12. The van der Waals surface area contributed by atoms with Gasteiger partial charge in [0.15, 0.2) is 0 Å². The first-order valence-electron chi connectivity index (χ1n) is 6.95. The minimum Gasteiger partial charge on any atom is -0.313 e. The molecule has 1 atom stereocenters. The van der Waals surface area contributed by atoms with Gasteiger partial charge in [0.2, 0.25) is 0 Å². The molecule has 0 amide bonds. The average Bonchev–Trinajstić information content (AvgIpc) is 2.97. The highest BCUT2D eigenvalue weighted by molar-refractivity contribution is 5.61. The first-order chi connectivity index (χ1) is 9.67. The molecule has 4 nitrogen and oxygen atoms in total. The van der Waals surface area contributed by atoms with Crippen LogP contribution in [0.1, 0.15) is 26.2 Å². The van der Waals surface area contributed by atoms with Crippen LogP contribution in [0, 0.1) is 11.3 Å². The van der Waals surface area contributed by atoms with Gasteiger partial charge in [0.05, 0.1) is 12.3 Å². The Morgan fingerprint density at radius 2 is 2.05 bits per heavy atom. The Bertz CT molecular complexity index is 582. The van der Waals surface area contributed by atoms with Crippen molar-refractivity contribution in [2.24, 2.45) is 5.73 Å². The second kappa shape index (κ2) is 6.36. The molecule has 0 aliphatic heterocycles. The summed E-state index contributed by atoms with van der Waals surface area (Å²) in [7, 11) is 0. The zero-order valence-corrected chi connectivity index (χ0v) is 11.8. The first-order valence-corrected chi connectivity index (χ1v) is 6.95. The van der Waals surface area contributed by atoms with Gasteiger partial charge in [-0.15, -0.1) is 0 Å². The highest BCUT2D eigenvalue weighted by atomic mass is 15.3. The molecule has 0 saturated heterocycles. The lowest BCUT2D eigenvalue weighted by atomic mass is 9.93. The summed E-state index contributed by atoms with van der Waals surface area (Å²) in [5.74, 6) is 0. The SMILES string of the molecule is CCC(N)(C#N)CCCn1cc(-c2ccccc2)cn1. The summed E-state index contributed by atoms with van der Waals surface area (Å²) >= 11 is 0. The van der Waals surface area contributed by atoms with Crippen molar-refractivity contribution in [1.29, 1.82) is 5.26 Å². The van der Waals surface area contributed by atoms with Crippen molar-refractivity contribution in [2.75, 3.05) is 0 Å². The van der Waals surface area contributed by atoms with Crippen LogP contribution in [-0.2, 0) is 6.54 Å². The summed E-state index contributed by atoms with van der Waals surface area (Å²) in [5, 5.41) is 13.4. The molecule has 1 unspecified atom stereocenters. The molecular weight excluding hydrogens is 248 g/mol. The van der Waals surface area contributed by atoms with Crippen molar-refractivity contribution in [2.45, 2.75) is 38.3 Å². The van der Waals surface area contributed by atoms with E-state index in [4.69, 9.17) is 11.0 Å². The molecule has 0 aliphatic rings. The van der Waals surface area contributed by atoms with Crippen LogP contribution in [0.25, 0.3) is 11.1 Å². The predicted octanol–water partition coefficient (Wildman–Crippen LogP) is 2.96. The van der Waals surface area contributed by atoms with Gasteiger partial charge in [-0.1, -0.05) is 37.3 Å². The Balaban J connectivity index is 1.93. The molecule has 1 aromatic heterocycles. The lowest BCUT2D eigenvalue weighted by molar-refractivity contribution is 0.434. The molecule has 0 radical (unpaired) electrons. The zero-order valence-electron chi connectivity index (χ0n) is 11.8. The summed E-state index contributed by atoms with van der Waals surface area (Å²) in [6.45, 7) is 2.73. The van der Waals surface area contributed by atoms with E-state index in [1.807, 2.05) is 42.2 Å². The fourth-order valence-electron chi connectivity index (χ4n) is 2.13. The molecule has 0 saturated carbocycles. The molecule has 2 rings (SSSR count). The maximum absolute atomic E-state index is 9.04. The quantitative estimate of drug-likeness (QED) is 0.875. The van der Waals surface area contributed by atoms with Crippen molar-refractivity contribution in [1.82, 2.24) is 9.78 Å². The van der Waals surface area contributed by atoms with E-state index in [2.05, 4.69) is 23.3 Å². The number of nitrogens with zero attached hydrogens (tertiary/aromatic N) is 3. The number of benzene rings is 1. The van der Waals surface area contributed by atoms with Crippen molar-refractivity contribution >= 4 is 0 Å². The molecule has 0 fully saturated rings. The van der Waals surface area contributed by atoms with E-state index in [0.29, 0.717) is 12.8 Å². The molecule has 0 aliphatic carbocycles. The van der Waals surface area contributed by atoms with E-state index in [1.165, 1.54) is 0 Å². The molecule has 0 bridgehead atoms. The third-order valence-electron chi connectivity index (χ3n) is 3.60. The average molecular weight is 268 g/mol. The van der Waals surface area contributed by atoms with E-state index in [9.17, 15) is 0 Å². The van der Waals surface area contributed by atoms with Crippen molar-refractivity contribution in [3.05, 3.63) is 42.7 Å². The molecule has 20 heavy (non-hydrogen) atoms. The van der Waals surface area contributed by atoms with Crippen molar-refractivity contribution in [3.8, 4) is 17.2 Å². The Kier molecular flexibility index (Phi) is 4.54. The highest BCUT2D eigenvalue weighted by Gasteiger charge is 2.21. The van der Waals surface area contributed by atoms with Crippen LogP contribution in [-0.4, -0.2) is 15.3 Å². The van der Waals surface area contributed by atoms with Crippen molar-refractivity contribution in [3.63, 3.8) is 0 Å². The van der Waals surface area contributed by atoms with Gasteiger partial charge in [0, 0.05) is 18.3 Å². The number of aryl methyl sites for hydroxylation is 1. The van der Waals surface area contributed by atoms with Crippen LogP contribution >= 0.6 is 0 Å². The number of nitriles is 1.